The molecule has 15 amide bonds. The highest BCUT2D eigenvalue weighted by Gasteiger charge is 2.51. The number of nitrogens with two attached hydrogens (primary N) is 1. The summed E-state index contributed by atoms with van der Waals surface area (Å²) in [5.41, 5.74) is -7.24. The van der Waals surface area contributed by atoms with E-state index in [1.54, 1.807) is 88.4 Å². The van der Waals surface area contributed by atoms with Crippen LogP contribution in [-0.2, 0) is 84.8 Å². The fourth-order valence-electron chi connectivity index (χ4n) is 12.0. The Balaban J connectivity index is 1.55. The molecule has 0 spiro atoms. The zero-order valence-electron chi connectivity index (χ0n) is 62.3. The summed E-state index contributed by atoms with van der Waals surface area (Å²) in [6.07, 6.45) is -4.86. The number of nitrogens with zero attached hydrogens (tertiary/aromatic N) is 2. The highest BCUT2D eigenvalue weighted by atomic mass is 16.3. The van der Waals surface area contributed by atoms with Gasteiger partial charge in [-0.05, 0) is 125 Å². The normalized spacial score (nSPS) is 27.6. The Hall–Kier alpha value is -9.63. The second-order valence-corrected chi connectivity index (χ2v) is 31.1. The lowest BCUT2D eigenvalue weighted by Gasteiger charge is -2.37. The number of fused-ring (bicyclic) bond motifs is 2. The molecule has 104 heavy (non-hydrogen) atoms. The van der Waals surface area contributed by atoms with Crippen LogP contribution in [0.2, 0.25) is 0 Å². The molecule has 574 valence electrons. The molecule has 2 aromatic carbocycles. The van der Waals surface area contributed by atoms with Gasteiger partial charge in [-0.2, -0.15) is 0 Å². The largest absolute Gasteiger partial charge is 0.393 e. The molecular formula is C71H107N15O18. The van der Waals surface area contributed by atoms with Gasteiger partial charge < -0.3 is 94.7 Å². The summed E-state index contributed by atoms with van der Waals surface area (Å²) in [6.45, 7) is 19.6. The van der Waals surface area contributed by atoms with Crippen LogP contribution in [0.25, 0.3) is 0 Å². The number of hydrogen-bond donors (Lipinski definition) is 16. The van der Waals surface area contributed by atoms with E-state index >= 15 is 0 Å². The van der Waals surface area contributed by atoms with Crippen LogP contribution in [0.5, 0.6) is 0 Å². The van der Waals surface area contributed by atoms with E-state index in [4.69, 9.17) is 5.73 Å². The van der Waals surface area contributed by atoms with Crippen LogP contribution in [0.1, 0.15) is 154 Å². The Labute approximate surface area is 605 Å². The maximum Gasteiger partial charge on any atom is 0.248 e. The lowest BCUT2D eigenvalue weighted by atomic mass is 9.88. The van der Waals surface area contributed by atoms with E-state index in [9.17, 15) is 87.2 Å². The molecule has 0 bridgehead atoms. The van der Waals surface area contributed by atoms with Crippen LogP contribution in [0.15, 0.2) is 60.7 Å². The van der Waals surface area contributed by atoms with Crippen molar-refractivity contribution in [1.29, 1.82) is 0 Å². The minimum atomic E-state index is -2.28. The monoisotopic (exact) mass is 1460 g/mol. The van der Waals surface area contributed by atoms with Crippen molar-refractivity contribution in [1.82, 2.24) is 73.6 Å². The molecule has 0 radical (unpaired) electrons. The lowest BCUT2D eigenvalue weighted by Crippen LogP contribution is -2.69. The number of rotatable bonds is 11. The van der Waals surface area contributed by atoms with E-state index < -0.39 is 221 Å². The predicted octanol–water partition coefficient (Wildman–Crippen LogP) is -3.35. The Kier molecular flexibility index (Phi) is 28.1. The average Bonchev–Trinajstić information content (AvgIpc) is 1.46. The number of carbonyl (C=O) groups is 15. The van der Waals surface area contributed by atoms with Crippen molar-refractivity contribution in [2.75, 3.05) is 26.2 Å². The first kappa shape index (κ1) is 85.0. The summed E-state index contributed by atoms with van der Waals surface area (Å²) in [5, 5.41) is 64.5. The van der Waals surface area contributed by atoms with Crippen LogP contribution < -0.4 is 69.5 Å². The molecule has 3 unspecified atom stereocenters. The van der Waals surface area contributed by atoms with Gasteiger partial charge in [0.2, 0.25) is 88.6 Å². The predicted molar refractivity (Wildman–Crippen MR) is 377 cm³/mol. The summed E-state index contributed by atoms with van der Waals surface area (Å²) in [6, 6.07) is 7.40. The summed E-state index contributed by atoms with van der Waals surface area (Å²) in [5.74, 6) is -15.3. The van der Waals surface area contributed by atoms with Gasteiger partial charge in [0.25, 0.3) is 0 Å². The third-order valence-corrected chi connectivity index (χ3v) is 18.3. The van der Waals surface area contributed by atoms with Crippen LogP contribution in [0.4, 0.5) is 0 Å². The van der Waals surface area contributed by atoms with E-state index in [2.05, 4.69) is 63.8 Å². The summed E-state index contributed by atoms with van der Waals surface area (Å²) in [4.78, 5) is 216. The first-order valence-electron chi connectivity index (χ1n) is 34.7. The zero-order chi connectivity index (χ0) is 78.6. The second-order valence-electron chi connectivity index (χ2n) is 31.1. The third-order valence-electron chi connectivity index (χ3n) is 18.3. The van der Waals surface area contributed by atoms with Crippen molar-refractivity contribution < 1.29 is 87.2 Å². The molecule has 2 aromatic rings. The number of primary amides is 1. The molecular weight excluding hydrogens is 1350 g/mol. The minimum Gasteiger partial charge on any atom is -0.393 e. The fourth-order valence-corrected chi connectivity index (χ4v) is 12.0. The number of amides is 15. The van der Waals surface area contributed by atoms with Gasteiger partial charge >= 0.3 is 0 Å². The number of aliphatic hydroxyl groups is 3. The molecule has 5 rings (SSSR count). The van der Waals surface area contributed by atoms with Gasteiger partial charge in [0.05, 0.1) is 25.4 Å². The quantitative estimate of drug-likeness (QED) is 0.105. The van der Waals surface area contributed by atoms with Crippen molar-refractivity contribution in [3.8, 4) is 0 Å². The van der Waals surface area contributed by atoms with Crippen LogP contribution >= 0.6 is 0 Å². The summed E-state index contributed by atoms with van der Waals surface area (Å²) < 4.78 is 0. The highest BCUT2D eigenvalue weighted by Crippen LogP contribution is 2.27. The molecule has 33 nitrogen and oxygen atoms in total. The van der Waals surface area contributed by atoms with Crippen molar-refractivity contribution in [3.63, 3.8) is 0 Å². The fraction of sp³-hybridized carbons (Fsp3) is 0.620. The van der Waals surface area contributed by atoms with E-state index in [-0.39, 0.29) is 38.1 Å². The van der Waals surface area contributed by atoms with Gasteiger partial charge in [0.15, 0.2) is 0 Å². The summed E-state index contributed by atoms with van der Waals surface area (Å²) in [7, 11) is 0. The highest BCUT2D eigenvalue weighted by molar-refractivity contribution is 6.04. The van der Waals surface area contributed by atoms with Crippen LogP contribution in [-0.4, -0.2) is 227 Å². The molecule has 3 aliphatic rings. The first-order chi connectivity index (χ1) is 48.0. The first-order valence-corrected chi connectivity index (χ1v) is 34.7. The van der Waals surface area contributed by atoms with Gasteiger partial charge in [0, 0.05) is 38.8 Å². The van der Waals surface area contributed by atoms with E-state index in [0.29, 0.717) is 11.1 Å². The van der Waals surface area contributed by atoms with Gasteiger partial charge in [0.1, 0.15) is 75.0 Å². The minimum absolute atomic E-state index is 0.0150. The molecule has 3 fully saturated rings. The molecule has 0 saturated carbocycles. The molecule has 3 aliphatic heterocycles. The molecule has 3 heterocycles. The number of benzene rings is 2. The Morgan fingerprint density at radius 2 is 1.02 bits per heavy atom. The maximum atomic E-state index is 15.0. The number of nitrogens with one attached hydrogen (secondary N) is 12. The van der Waals surface area contributed by atoms with Gasteiger partial charge in [-0.1, -0.05) is 88.4 Å². The molecule has 17 N–H and O–H groups in total. The smallest absolute Gasteiger partial charge is 0.248 e. The van der Waals surface area contributed by atoms with E-state index in [1.165, 1.54) is 83.1 Å². The third kappa shape index (κ3) is 22.2. The van der Waals surface area contributed by atoms with Gasteiger partial charge in [-0.15, -0.1) is 0 Å². The maximum absolute atomic E-state index is 15.0. The standard InChI is InChI=1S/C71H107N15O18/c1-38(2)31-44-53(93)78-66(7,8)59(99)82-69(13,14)61(101)83-70(15,16)64(104)86-36-42(88)33-46(86)54(94)75-43(27-28-48(72)90)52(92)77-50(39(3)4)55(95)79-67(9,10)60(100)81-65(5,6)58(98)76-45(32-40-23-19-17-20-24-40)57(97)85-30-29-47(89)51(85)56(96)80-68(11,12)62(102)84-71(37-87,34-41-25-21-18-22-26-41)63(103)73-35-49(91)74-44/h17-26,38-39,42-47,50-51,87-89H,27-37H2,1-16H3,(H2,72,90)(H,73,103)(H,74,91)(H,75,94)(H,76,98)(H,77,92)(H,78,93)(H,79,95)(H,80,96)(H,81,100)(H,82,99)(H,83,101)(H,84,102)/t42?,43-,44-,45-,46-,47?,50-,51-,71?/m0/s1. The van der Waals surface area contributed by atoms with Gasteiger partial charge in [-0.25, -0.2) is 0 Å². The van der Waals surface area contributed by atoms with Crippen molar-refractivity contribution in [2.24, 2.45) is 17.6 Å². The molecule has 0 aliphatic carbocycles. The lowest BCUT2D eigenvalue weighted by molar-refractivity contribution is -0.146. The SMILES string of the molecule is CC(C)C[C@@H]1NC(=O)CNC(=O)C(CO)(Cc2ccccc2)NC(=O)C(C)(C)NC(=O)[C@@H]2C(O)CCN2C(=O)[C@H](Cc2ccccc2)NC(=O)C(C)(C)NC(=O)C(C)(C)NC(=O)[C@H](C(C)C)NC(=O)[C@H](CCC(N)=O)NC(=O)[C@@H]2CC(O)CN2C(=O)C(C)(C)NC(=O)C(C)(C)NC(=O)C(C)(C)NC1=O. The Bertz CT molecular complexity index is 3560. The van der Waals surface area contributed by atoms with E-state index in [1.807, 2.05) is 0 Å². The molecule has 3 saturated heterocycles. The zero-order valence-corrected chi connectivity index (χ0v) is 62.3. The number of hydrogen-bond acceptors (Lipinski definition) is 18. The number of carbonyl (C=O) groups excluding carboxylic acids is 15. The van der Waals surface area contributed by atoms with Crippen LogP contribution in [0, 0.1) is 11.8 Å². The molecule has 9 atom stereocenters. The Morgan fingerprint density at radius 1 is 0.529 bits per heavy atom. The Morgan fingerprint density at radius 3 is 1.54 bits per heavy atom. The topological polar surface area (TPSA) is 494 Å². The van der Waals surface area contributed by atoms with Crippen molar-refractivity contribution in [3.05, 3.63) is 71.8 Å². The van der Waals surface area contributed by atoms with Crippen molar-refractivity contribution >= 4 is 88.6 Å². The second kappa shape index (κ2) is 34.3. The molecule has 33 heteroatoms. The molecule has 0 aromatic heterocycles. The van der Waals surface area contributed by atoms with Gasteiger partial charge in [-0.3, -0.25) is 71.9 Å². The van der Waals surface area contributed by atoms with Crippen molar-refractivity contribution in [2.45, 2.75) is 243 Å². The van der Waals surface area contributed by atoms with E-state index in [0.717, 1.165) is 9.80 Å². The summed E-state index contributed by atoms with van der Waals surface area (Å²) >= 11 is 0. The number of aliphatic hydroxyl groups excluding tert-OH is 3. The average molecular weight is 1460 g/mol. The van der Waals surface area contributed by atoms with Crippen LogP contribution in [0.3, 0.4) is 0 Å².